The SMILES string of the molecule is C[C@H](O)CNCCCOc1ccccc1OCc1ccccc1. The van der Waals surface area contributed by atoms with E-state index in [1.807, 2.05) is 54.6 Å². The molecule has 0 aliphatic carbocycles. The Morgan fingerprint density at radius 2 is 1.61 bits per heavy atom. The Kier molecular flexibility index (Phi) is 7.43. The first-order valence-corrected chi connectivity index (χ1v) is 8.03. The van der Waals surface area contributed by atoms with Gasteiger partial charge in [0.05, 0.1) is 12.7 Å². The van der Waals surface area contributed by atoms with Crippen LogP contribution in [0.25, 0.3) is 0 Å². The van der Waals surface area contributed by atoms with Crippen molar-refractivity contribution in [3.63, 3.8) is 0 Å². The molecule has 0 saturated heterocycles. The summed E-state index contributed by atoms with van der Waals surface area (Å²) in [5, 5.41) is 12.3. The first-order chi connectivity index (χ1) is 11.3. The lowest BCUT2D eigenvalue weighted by Gasteiger charge is -2.13. The monoisotopic (exact) mass is 315 g/mol. The smallest absolute Gasteiger partial charge is 0.161 e. The summed E-state index contributed by atoms with van der Waals surface area (Å²) in [7, 11) is 0. The van der Waals surface area contributed by atoms with Gasteiger partial charge in [0.2, 0.25) is 0 Å². The molecule has 124 valence electrons. The van der Waals surface area contributed by atoms with E-state index in [-0.39, 0.29) is 6.10 Å². The van der Waals surface area contributed by atoms with Crippen LogP contribution < -0.4 is 14.8 Å². The third kappa shape index (κ3) is 6.72. The molecule has 23 heavy (non-hydrogen) atoms. The Morgan fingerprint density at radius 1 is 0.957 bits per heavy atom. The van der Waals surface area contributed by atoms with Gasteiger partial charge in [-0.1, -0.05) is 42.5 Å². The van der Waals surface area contributed by atoms with Crippen molar-refractivity contribution in [3.8, 4) is 11.5 Å². The van der Waals surface area contributed by atoms with Crippen LogP contribution in [0.1, 0.15) is 18.9 Å². The molecule has 0 saturated carbocycles. The first kappa shape index (κ1) is 17.3. The fourth-order valence-corrected chi connectivity index (χ4v) is 2.11. The van der Waals surface area contributed by atoms with Gasteiger partial charge in [-0.25, -0.2) is 0 Å². The third-order valence-electron chi connectivity index (χ3n) is 3.28. The van der Waals surface area contributed by atoms with Gasteiger partial charge in [-0.3, -0.25) is 0 Å². The van der Waals surface area contributed by atoms with Crippen molar-refractivity contribution in [2.45, 2.75) is 26.1 Å². The molecule has 0 amide bonds. The molecular weight excluding hydrogens is 290 g/mol. The fraction of sp³-hybridized carbons (Fsp3) is 0.368. The minimum Gasteiger partial charge on any atom is -0.490 e. The summed E-state index contributed by atoms with van der Waals surface area (Å²) in [4.78, 5) is 0. The molecule has 2 aromatic carbocycles. The third-order valence-corrected chi connectivity index (χ3v) is 3.28. The molecule has 0 heterocycles. The predicted molar refractivity (Wildman–Crippen MR) is 91.9 cm³/mol. The largest absolute Gasteiger partial charge is 0.490 e. The zero-order valence-electron chi connectivity index (χ0n) is 13.6. The van der Waals surface area contributed by atoms with E-state index in [1.165, 1.54) is 0 Å². The summed E-state index contributed by atoms with van der Waals surface area (Å²) in [5.41, 5.74) is 1.13. The van der Waals surface area contributed by atoms with E-state index in [0.717, 1.165) is 30.0 Å². The van der Waals surface area contributed by atoms with Crippen molar-refractivity contribution >= 4 is 0 Å². The Balaban J connectivity index is 1.76. The van der Waals surface area contributed by atoms with E-state index in [2.05, 4.69) is 5.32 Å². The normalized spacial score (nSPS) is 11.9. The van der Waals surface area contributed by atoms with Crippen LogP contribution in [-0.4, -0.2) is 30.9 Å². The second-order valence-electron chi connectivity index (χ2n) is 5.48. The number of para-hydroxylation sites is 2. The molecule has 2 aromatic rings. The van der Waals surface area contributed by atoms with Crippen molar-refractivity contribution < 1.29 is 14.6 Å². The fourth-order valence-electron chi connectivity index (χ4n) is 2.11. The molecule has 0 bridgehead atoms. The zero-order valence-corrected chi connectivity index (χ0v) is 13.6. The summed E-state index contributed by atoms with van der Waals surface area (Å²) in [6.07, 6.45) is 0.558. The highest BCUT2D eigenvalue weighted by molar-refractivity contribution is 5.39. The van der Waals surface area contributed by atoms with Crippen LogP contribution in [0.15, 0.2) is 54.6 Å². The molecule has 1 atom stereocenters. The average molecular weight is 315 g/mol. The van der Waals surface area contributed by atoms with Gasteiger partial charge in [-0.15, -0.1) is 0 Å². The van der Waals surface area contributed by atoms with Crippen molar-refractivity contribution in [2.75, 3.05) is 19.7 Å². The quantitative estimate of drug-likeness (QED) is 0.662. The summed E-state index contributed by atoms with van der Waals surface area (Å²) >= 11 is 0. The molecule has 0 spiro atoms. The van der Waals surface area contributed by atoms with Crippen molar-refractivity contribution in [2.24, 2.45) is 0 Å². The molecule has 2 N–H and O–H groups in total. The van der Waals surface area contributed by atoms with Crippen molar-refractivity contribution in [1.29, 1.82) is 0 Å². The molecule has 0 aliphatic heterocycles. The van der Waals surface area contributed by atoms with Crippen LogP contribution in [0, 0.1) is 0 Å². The lowest BCUT2D eigenvalue weighted by molar-refractivity contribution is 0.189. The maximum Gasteiger partial charge on any atom is 0.161 e. The van der Waals surface area contributed by atoms with E-state index in [1.54, 1.807) is 6.92 Å². The molecule has 0 fully saturated rings. The van der Waals surface area contributed by atoms with Gasteiger partial charge in [0, 0.05) is 6.54 Å². The Morgan fingerprint density at radius 3 is 2.30 bits per heavy atom. The highest BCUT2D eigenvalue weighted by Gasteiger charge is 2.04. The summed E-state index contributed by atoms with van der Waals surface area (Å²) in [5.74, 6) is 1.52. The van der Waals surface area contributed by atoms with E-state index >= 15 is 0 Å². The van der Waals surface area contributed by atoms with Crippen LogP contribution in [0.3, 0.4) is 0 Å². The van der Waals surface area contributed by atoms with Crippen LogP contribution in [0.2, 0.25) is 0 Å². The minimum atomic E-state index is -0.317. The number of ether oxygens (including phenoxy) is 2. The second-order valence-corrected chi connectivity index (χ2v) is 5.48. The number of hydrogen-bond acceptors (Lipinski definition) is 4. The van der Waals surface area contributed by atoms with E-state index < -0.39 is 0 Å². The predicted octanol–water partition coefficient (Wildman–Crippen LogP) is 3.00. The van der Waals surface area contributed by atoms with E-state index in [0.29, 0.717) is 19.8 Å². The molecule has 4 heteroatoms. The van der Waals surface area contributed by atoms with Gasteiger partial charge < -0.3 is 19.9 Å². The van der Waals surface area contributed by atoms with Gasteiger partial charge >= 0.3 is 0 Å². The number of rotatable bonds is 10. The van der Waals surface area contributed by atoms with Crippen LogP contribution in [-0.2, 0) is 6.61 Å². The molecule has 0 aliphatic rings. The van der Waals surface area contributed by atoms with Crippen molar-refractivity contribution in [1.82, 2.24) is 5.32 Å². The number of nitrogens with one attached hydrogen (secondary N) is 1. The Bertz CT molecular complexity index is 558. The lowest BCUT2D eigenvalue weighted by atomic mass is 10.2. The maximum atomic E-state index is 9.17. The summed E-state index contributed by atoms with van der Waals surface area (Å²) in [6, 6.07) is 17.8. The van der Waals surface area contributed by atoms with Gasteiger partial charge in [-0.2, -0.15) is 0 Å². The highest BCUT2D eigenvalue weighted by Crippen LogP contribution is 2.27. The Hall–Kier alpha value is -2.04. The molecule has 2 rings (SSSR count). The van der Waals surface area contributed by atoms with E-state index in [4.69, 9.17) is 14.6 Å². The standard InChI is InChI=1S/C19H25NO3/c1-16(21)14-20-12-7-13-22-18-10-5-6-11-19(18)23-15-17-8-3-2-4-9-17/h2-6,8-11,16,20-21H,7,12-15H2,1H3/t16-/m0/s1. The zero-order chi connectivity index (χ0) is 16.3. The molecule has 4 nitrogen and oxygen atoms in total. The topological polar surface area (TPSA) is 50.7 Å². The highest BCUT2D eigenvalue weighted by atomic mass is 16.5. The first-order valence-electron chi connectivity index (χ1n) is 8.03. The van der Waals surface area contributed by atoms with Crippen LogP contribution in [0.4, 0.5) is 0 Å². The lowest BCUT2D eigenvalue weighted by Crippen LogP contribution is -2.26. The summed E-state index contributed by atoms with van der Waals surface area (Å²) in [6.45, 7) is 4.33. The molecule has 0 radical (unpaired) electrons. The van der Waals surface area contributed by atoms with Gasteiger partial charge in [0.25, 0.3) is 0 Å². The second kappa shape index (κ2) is 9.87. The number of aliphatic hydroxyl groups excluding tert-OH is 1. The minimum absolute atomic E-state index is 0.317. The van der Waals surface area contributed by atoms with E-state index in [9.17, 15) is 0 Å². The van der Waals surface area contributed by atoms with Crippen molar-refractivity contribution in [3.05, 3.63) is 60.2 Å². The molecule has 0 unspecified atom stereocenters. The maximum absolute atomic E-state index is 9.17. The van der Waals surface area contributed by atoms with Gasteiger partial charge in [0.15, 0.2) is 11.5 Å². The van der Waals surface area contributed by atoms with Gasteiger partial charge in [0.1, 0.15) is 6.61 Å². The molecular formula is C19H25NO3. The Labute approximate surface area is 138 Å². The number of hydrogen-bond donors (Lipinski definition) is 2. The molecule has 0 aromatic heterocycles. The van der Waals surface area contributed by atoms with Crippen LogP contribution >= 0.6 is 0 Å². The number of aliphatic hydroxyl groups is 1. The summed E-state index contributed by atoms with van der Waals surface area (Å²) < 4.78 is 11.7. The van der Waals surface area contributed by atoms with Gasteiger partial charge in [-0.05, 0) is 37.6 Å². The number of benzene rings is 2. The van der Waals surface area contributed by atoms with Crippen LogP contribution in [0.5, 0.6) is 11.5 Å². The average Bonchev–Trinajstić information content (AvgIpc) is 2.57.